The van der Waals surface area contributed by atoms with Gasteiger partial charge in [-0.1, -0.05) is 35.9 Å². The van der Waals surface area contributed by atoms with Gasteiger partial charge in [-0.25, -0.2) is 0 Å². The Hall–Kier alpha value is -1.32. The van der Waals surface area contributed by atoms with Gasteiger partial charge in [0.15, 0.2) is 0 Å². The molecular weight excluding hydrogens is 350 g/mol. The molecule has 4 heteroatoms. The Balaban J connectivity index is 2.07. The van der Waals surface area contributed by atoms with Crippen LogP contribution in [0.3, 0.4) is 0 Å². The number of carbonyl (C=O) groups excluding carboxylic acids is 1. The van der Waals surface area contributed by atoms with Gasteiger partial charge in [-0.3, -0.25) is 4.79 Å². The van der Waals surface area contributed by atoms with Crippen molar-refractivity contribution in [2.24, 2.45) is 0 Å². The predicted molar refractivity (Wildman–Crippen MR) is 90.2 cm³/mol. The number of rotatable bonds is 1. The number of para-hydroxylation sites is 1. The van der Waals surface area contributed by atoms with Crippen molar-refractivity contribution in [3.05, 3.63) is 63.1 Å². The van der Waals surface area contributed by atoms with Gasteiger partial charge < -0.3 is 4.90 Å². The minimum atomic E-state index is -0.0408. The molecule has 1 unspecified atom stereocenters. The number of anilines is 1. The minimum Gasteiger partial charge on any atom is -0.305 e. The number of aryl methyl sites for hydroxylation is 1. The highest BCUT2D eigenvalue weighted by atomic mass is 79.9. The summed E-state index contributed by atoms with van der Waals surface area (Å²) in [6, 6.07) is 13.7. The van der Waals surface area contributed by atoms with Crippen LogP contribution in [0.1, 0.15) is 29.3 Å². The molecule has 0 bridgehead atoms. The second-order valence-corrected chi connectivity index (χ2v) is 6.53. The van der Waals surface area contributed by atoms with Gasteiger partial charge in [0.2, 0.25) is 0 Å². The summed E-state index contributed by atoms with van der Waals surface area (Å²) in [7, 11) is 0. The SMILES string of the molecule is CC1CCc2ccccc2N1C(=O)c1cccc(Br)c1Cl. The van der Waals surface area contributed by atoms with Crippen LogP contribution in [-0.4, -0.2) is 11.9 Å². The average Bonchev–Trinajstić information content (AvgIpc) is 2.49. The molecule has 0 N–H and O–H groups in total. The van der Waals surface area contributed by atoms with Gasteiger partial charge >= 0.3 is 0 Å². The normalized spacial score (nSPS) is 17.5. The number of hydrogen-bond acceptors (Lipinski definition) is 1. The third-order valence-corrected chi connectivity index (χ3v) is 5.22. The lowest BCUT2D eigenvalue weighted by molar-refractivity contribution is 0.0975. The molecule has 0 aliphatic carbocycles. The quantitative estimate of drug-likeness (QED) is 0.690. The first kappa shape index (κ1) is 14.6. The molecule has 108 valence electrons. The maximum absolute atomic E-state index is 13.0. The molecule has 2 aromatic rings. The Morgan fingerprint density at radius 2 is 2.00 bits per heavy atom. The number of amides is 1. The number of carbonyl (C=O) groups is 1. The van der Waals surface area contributed by atoms with E-state index < -0.39 is 0 Å². The molecule has 1 aliphatic heterocycles. The molecule has 2 aromatic carbocycles. The standard InChI is InChI=1S/C17H15BrClNO/c1-11-9-10-12-5-2-3-8-15(12)20(11)17(21)13-6-4-7-14(18)16(13)19/h2-8,11H,9-10H2,1H3. The summed E-state index contributed by atoms with van der Waals surface area (Å²) in [5, 5.41) is 0.470. The van der Waals surface area contributed by atoms with Crippen LogP contribution in [0.15, 0.2) is 46.9 Å². The summed E-state index contributed by atoms with van der Waals surface area (Å²) in [6.07, 6.45) is 1.97. The van der Waals surface area contributed by atoms with Crippen molar-refractivity contribution < 1.29 is 4.79 Å². The van der Waals surface area contributed by atoms with E-state index in [0.29, 0.717) is 10.6 Å². The number of hydrogen-bond donors (Lipinski definition) is 0. The van der Waals surface area contributed by atoms with E-state index in [1.54, 1.807) is 6.07 Å². The van der Waals surface area contributed by atoms with E-state index in [-0.39, 0.29) is 11.9 Å². The summed E-state index contributed by atoms with van der Waals surface area (Å²) in [5.41, 5.74) is 2.75. The molecule has 1 amide bonds. The van der Waals surface area contributed by atoms with Crippen molar-refractivity contribution in [1.29, 1.82) is 0 Å². The second-order valence-electron chi connectivity index (χ2n) is 5.29. The summed E-state index contributed by atoms with van der Waals surface area (Å²) in [6.45, 7) is 2.08. The van der Waals surface area contributed by atoms with Crippen molar-refractivity contribution in [1.82, 2.24) is 0 Å². The van der Waals surface area contributed by atoms with Crippen LogP contribution in [0.2, 0.25) is 5.02 Å². The first-order chi connectivity index (χ1) is 10.1. The summed E-state index contributed by atoms with van der Waals surface area (Å²) < 4.78 is 0.743. The van der Waals surface area contributed by atoms with E-state index in [4.69, 9.17) is 11.6 Å². The fourth-order valence-corrected chi connectivity index (χ4v) is 3.37. The van der Waals surface area contributed by atoms with Crippen LogP contribution in [0.4, 0.5) is 5.69 Å². The molecule has 1 heterocycles. The highest BCUT2D eigenvalue weighted by Gasteiger charge is 2.29. The third kappa shape index (κ3) is 2.60. The molecule has 0 spiro atoms. The van der Waals surface area contributed by atoms with Gasteiger partial charge in [0, 0.05) is 16.2 Å². The number of nitrogens with zero attached hydrogens (tertiary/aromatic N) is 1. The van der Waals surface area contributed by atoms with Gasteiger partial charge in [-0.05, 0) is 59.5 Å². The molecule has 0 radical (unpaired) electrons. The van der Waals surface area contributed by atoms with Crippen molar-refractivity contribution >= 4 is 39.1 Å². The zero-order chi connectivity index (χ0) is 15.0. The Morgan fingerprint density at radius 1 is 1.24 bits per heavy atom. The fourth-order valence-electron chi connectivity index (χ4n) is 2.80. The monoisotopic (exact) mass is 363 g/mol. The average molecular weight is 365 g/mol. The molecule has 1 aliphatic rings. The topological polar surface area (TPSA) is 20.3 Å². The Morgan fingerprint density at radius 3 is 2.81 bits per heavy atom. The highest BCUT2D eigenvalue weighted by Crippen LogP contribution is 2.34. The van der Waals surface area contributed by atoms with Crippen molar-refractivity contribution in [3.63, 3.8) is 0 Å². The molecular formula is C17H15BrClNO. The van der Waals surface area contributed by atoms with Crippen molar-refractivity contribution in [2.45, 2.75) is 25.8 Å². The number of halogens is 2. The lowest BCUT2D eigenvalue weighted by atomic mass is 9.96. The van der Waals surface area contributed by atoms with E-state index in [9.17, 15) is 4.79 Å². The molecule has 3 rings (SSSR count). The van der Waals surface area contributed by atoms with E-state index in [0.717, 1.165) is 23.0 Å². The molecule has 1 atom stereocenters. The molecule has 0 saturated heterocycles. The highest BCUT2D eigenvalue weighted by molar-refractivity contribution is 9.10. The zero-order valence-corrected chi connectivity index (χ0v) is 14.0. The van der Waals surface area contributed by atoms with Crippen LogP contribution in [0.5, 0.6) is 0 Å². The van der Waals surface area contributed by atoms with Crippen LogP contribution in [0.25, 0.3) is 0 Å². The van der Waals surface area contributed by atoms with Gasteiger partial charge in [0.05, 0.1) is 10.6 Å². The van der Waals surface area contributed by atoms with Gasteiger partial charge in [-0.2, -0.15) is 0 Å². The predicted octanol–water partition coefficient (Wildman–Crippen LogP) is 5.08. The van der Waals surface area contributed by atoms with Crippen LogP contribution in [0, 0.1) is 0 Å². The van der Waals surface area contributed by atoms with Crippen LogP contribution >= 0.6 is 27.5 Å². The van der Waals surface area contributed by atoms with Gasteiger partial charge in [0.1, 0.15) is 0 Å². The fraction of sp³-hybridized carbons (Fsp3) is 0.235. The maximum atomic E-state index is 13.0. The molecule has 21 heavy (non-hydrogen) atoms. The Kier molecular flexibility index (Phi) is 4.05. The van der Waals surface area contributed by atoms with Crippen LogP contribution < -0.4 is 4.90 Å². The number of benzene rings is 2. The first-order valence-corrected chi connectivity index (χ1v) is 8.12. The molecule has 0 fully saturated rings. The Labute approximate surface area is 137 Å². The van der Waals surface area contributed by atoms with E-state index in [1.807, 2.05) is 35.2 Å². The summed E-state index contributed by atoms with van der Waals surface area (Å²) in [5.74, 6) is -0.0408. The molecule has 0 saturated carbocycles. The van der Waals surface area contributed by atoms with E-state index >= 15 is 0 Å². The second kappa shape index (κ2) is 5.82. The lowest BCUT2D eigenvalue weighted by Gasteiger charge is -2.35. The van der Waals surface area contributed by atoms with Gasteiger partial charge in [-0.15, -0.1) is 0 Å². The summed E-state index contributed by atoms with van der Waals surface area (Å²) in [4.78, 5) is 14.8. The first-order valence-electron chi connectivity index (χ1n) is 6.95. The van der Waals surface area contributed by atoms with Crippen LogP contribution in [-0.2, 0) is 6.42 Å². The zero-order valence-electron chi connectivity index (χ0n) is 11.6. The molecule has 2 nitrogen and oxygen atoms in total. The smallest absolute Gasteiger partial charge is 0.260 e. The maximum Gasteiger partial charge on any atom is 0.260 e. The van der Waals surface area contributed by atoms with Gasteiger partial charge in [0.25, 0.3) is 5.91 Å². The van der Waals surface area contributed by atoms with Crippen molar-refractivity contribution in [2.75, 3.05) is 4.90 Å². The lowest BCUT2D eigenvalue weighted by Crippen LogP contribution is -2.42. The molecule has 0 aromatic heterocycles. The largest absolute Gasteiger partial charge is 0.305 e. The minimum absolute atomic E-state index is 0.0408. The van der Waals surface area contributed by atoms with E-state index in [2.05, 4.69) is 28.9 Å². The van der Waals surface area contributed by atoms with Crippen molar-refractivity contribution in [3.8, 4) is 0 Å². The number of fused-ring (bicyclic) bond motifs is 1. The summed E-state index contributed by atoms with van der Waals surface area (Å²) >= 11 is 9.67. The Bertz CT molecular complexity index is 701. The van der Waals surface area contributed by atoms with E-state index in [1.165, 1.54) is 5.56 Å². The third-order valence-electron chi connectivity index (χ3n) is 3.92.